The molecular weight excluding hydrogens is 362 g/mol. The first kappa shape index (κ1) is 19.4. The zero-order valence-corrected chi connectivity index (χ0v) is 13.3. The largest absolute Gasteiger partial charge is 0.441 e. The van der Waals surface area contributed by atoms with E-state index in [4.69, 9.17) is 0 Å². The number of carbonyl (C=O) groups excluding carboxylic acids is 1. The van der Waals surface area contributed by atoms with E-state index in [0.29, 0.717) is 0 Å². The van der Waals surface area contributed by atoms with Gasteiger partial charge in [0.1, 0.15) is 5.82 Å². The average molecular weight is 375 g/mol. The van der Waals surface area contributed by atoms with Crippen molar-refractivity contribution in [1.29, 1.82) is 0 Å². The number of halogens is 4. The molecule has 0 aliphatic carbocycles. The molecule has 1 rings (SSSR count). The van der Waals surface area contributed by atoms with Gasteiger partial charge < -0.3 is 10.6 Å². The van der Waals surface area contributed by atoms with E-state index in [1.807, 2.05) is 0 Å². The molecule has 6 nitrogen and oxygen atoms in total. The Morgan fingerprint density at radius 2 is 1.96 bits per heavy atom. The monoisotopic (exact) mass is 375 g/mol. The number of amides is 2. The quantitative estimate of drug-likeness (QED) is 0.527. The summed E-state index contributed by atoms with van der Waals surface area (Å²) in [6, 6.07) is 2.21. The van der Waals surface area contributed by atoms with Crippen molar-refractivity contribution in [2.75, 3.05) is 28.6 Å². The van der Waals surface area contributed by atoms with Crippen molar-refractivity contribution in [3.05, 3.63) is 24.0 Å². The second-order valence-electron chi connectivity index (χ2n) is 4.24. The van der Waals surface area contributed by atoms with Crippen molar-refractivity contribution < 1.29 is 30.8 Å². The summed E-state index contributed by atoms with van der Waals surface area (Å²) >= 11 is -0.299. The third kappa shape index (κ3) is 8.50. The minimum Gasteiger partial charge on any atom is -0.337 e. The van der Waals surface area contributed by atoms with Crippen LogP contribution >= 0.6 is 11.8 Å². The third-order valence-corrected chi connectivity index (χ3v) is 3.51. The number of rotatable bonds is 6. The molecule has 12 heteroatoms. The molecule has 2 amide bonds. The zero-order valence-electron chi connectivity index (χ0n) is 11.7. The fraction of sp³-hybridized carbons (Fsp3) is 0.364. The van der Waals surface area contributed by atoms with E-state index in [0.717, 1.165) is 24.5 Å². The van der Waals surface area contributed by atoms with Crippen LogP contribution in [-0.2, 0) is 10.0 Å². The fourth-order valence-electron chi connectivity index (χ4n) is 1.40. The molecule has 0 bridgehead atoms. The Balaban J connectivity index is 2.59. The van der Waals surface area contributed by atoms with Gasteiger partial charge in [-0.3, -0.25) is 4.72 Å². The number of alkyl halides is 3. The van der Waals surface area contributed by atoms with E-state index < -0.39 is 33.1 Å². The van der Waals surface area contributed by atoms with Crippen LogP contribution in [0.5, 0.6) is 0 Å². The van der Waals surface area contributed by atoms with Crippen LogP contribution in [-0.4, -0.2) is 38.5 Å². The number of hydrogen-bond acceptors (Lipinski definition) is 4. The molecule has 0 atom stereocenters. The predicted molar refractivity (Wildman–Crippen MR) is 80.4 cm³/mol. The first-order valence-electron chi connectivity index (χ1n) is 5.99. The van der Waals surface area contributed by atoms with Crippen molar-refractivity contribution in [3.63, 3.8) is 0 Å². The van der Waals surface area contributed by atoms with Crippen molar-refractivity contribution in [1.82, 2.24) is 5.32 Å². The van der Waals surface area contributed by atoms with Crippen LogP contribution in [0.25, 0.3) is 0 Å². The van der Waals surface area contributed by atoms with Gasteiger partial charge in [-0.25, -0.2) is 17.6 Å². The van der Waals surface area contributed by atoms with Crippen LogP contribution in [0.3, 0.4) is 0 Å². The molecule has 0 saturated carbocycles. The Labute approximate surface area is 134 Å². The lowest BCUT2D eigenvalue weighted by molar-refractivity contribution is -0.0327. The van der Waals surface area contributed by atoms with Crippen LogP contribution in [0.1, 0.15) is 0 Å². The van der Waals surface area contributed by atoms with Gasteiger partial charge in [0.25, 0.3) is 0 Å². The van der Waals surface area contributed by atoms with Crippen LogP contribution in [0.2, 0.25) is 0 Å². The van der Waals surface area contributed by atoms with Crippen molar-refractivity contribution in [3.8, 4) is 0 Å². The Morgan fingerprint density at radius 1 is 1.30 bits per heavy atom. The van der Waals surface area contributed by atoms with Crippen molar-refractivity contribution in [2.45, 2.75) is 5.51 Å². The number of carbonyl (C=O) groups is 1. The Kier molecular flexibility index (Phi) is 6.50. The summed E-state index contributed by atoms with van der Waals surface area (Å²) in [5.74, 6) is -1.22. The molecule has 0 saturated heterocycles. The highest BCUT2D eigenvalue weighted by molar-refractivity contribution is 8.00. The summed E-state index contributed by atoms with van der Waals surface area (Å²) in [6.07, 6.45) is 0.897. The first-order valence-corrected chi connectivity index (χ1v) is 8.87. The number of hydrogen-bond donors (Lipinski definition) is 3. The smallest absolute Gasteiger partial charge is 0.337 e. The maximum Gasteiger partial charge on any atom is 0.441 e. The average Bonchev–Trinajstić information content (AvgIpc) is 2.36. The Hall–Kier alpha value is -1.69. The highest BCUT2D eigenvalue weighted by Crippen LogP contribution is 2.29. The Morgan fingerprint density at radius 3 is 2.52 bits per heavy atom. The standard InChI is InChI=1S/C11H13F4N3O3S2/c1-23(20,21)18-7-2-3-8(12)9(6-7)17-10(19)16-4-5-22-11(13,14)15/h2-3,6,18H,4-5H2,1H3,(H2,16,17,19). The maximum atomic E-state index is 13.5. The molecular formula is C11H13F4N3O3S2. The molecule has 3 N–H and O–H groups in total. The van der Waals surface area contributed by atoms with Crippen LogP contribution < -0.4 is 15.4 Å². The first-order chi connectivity index (χ1) is 10.5. The van der Waals surface area contributed by atoms with Gasteiger partial charge in [-0.1, -0.05) is 0 Å². The summed E-state index contributed by atoms with van der Waals surface area (Å²) in [7, 11) is -3.58. The molecule has 1 aromatic carbocycles. The minimum absolute atomic E-state index is 0.0248. The highest BCUT2D eigenvalue weighted by atomic mass is 32.2. The summed E-state index contributed by atoms with van der Waals surface area (Å²) in [5.41, 5.74) is -4.69. The Bertz CT molecular complexity index is 665. The SMILES string of the molecule is CS(=O)(=O)Nc1ccc(F)c(NC(=O)NCCSC(F)(F)F)c1. The van der Waals surface area contributed by atoms with Crippen molar-refractivity contribution in [2.24, 2.45) is 0 Å². The van der Waals surface area contributed by atoms with Crippen molar-refractivity contribution >= 4 is 39.2 Å². The lowest BCUT2D eigenvalue weighted by Crippen LogP contribution is -2.31. The van der Waals surface area contributed by atoms with E-state index >= 15 is 0 Å². The second-order valence-corrected chi connectivity index (χ2v) is 7.15. The van der Waals surface area contributed by atoms with Gasteiger partial charge in [0.05, 0.1) is 17.6 Å². The van der Waals surface area contributed by atoms with Crippen LogP contribution in [0.15, 0.2) is 18.2 Å². The molecule has 1 aromatic rings. The predicted octanol–water partition coefficient (Wildman–Crippen LogP) is 2.57. The summed E-state index contributed by atoms with van der Waals surface area (Å²) in [6.45, 7) is -0.279. The lowest BCUT2D eigenvalue weighted by Gasteiger charge is -2.11. The number of urea groups is 1. The molecule has 0 spiro atoms. The minimum atomic E-state index is -4.39. The number of benzene rings is 1. The molecule has 0 heterocycles. The van der Waals surface area contributed by atoms with E-state index in [2.05, 4.69) is 15.4 Å². The number of thioether (sulfide) groups is 1. The number of sulfonamides is 1. The molecule has 0 aliphatic heterocycles. The zero-order chi connectivity index (χ0) is 17.7. The van der Waals surface area contributed by atoms with E-state index in [1.165, 1.54) is 0 Å². The van der Waals surface area contributed by atoms with Gasteiger partial charge in [0.2, 0.25) is 10.0 Å². The lowest BCUT2D eigenvalue weighted by atomic mass is 10.2. The number of anilines is 2. The molecule has 23 heavy (non-hydrogen) atoms. The summed E-state index contributed by atoms with van der Waals surface area (Å²) in [5, 5.41) is 4.21. The van der Waals surface area contributed by atoms with Gasteiger partial charge in [0.15, 0.2) is 0 Å². The molecule has 130 valence electrons. The van der Waals surface area contributed by atoms with Gasteiger partial charge in [-0.05, 0) is 30.0 Å². The van der Waals surface area contributed by atoms with Gasteiger partial charge in [0, 0.05) is 12.3 Å². The summed E-state index contributed by atoms with van der Waals surface area (Å²) in [4.78, 5) is 11.5. The van der Waals surface area contributed by atoms with Crippen LogP contribution in [0.4, 0.5) is 33.7 Å². The summed E-state index contributed by atoms with van der Waals surface area (Å²) < 4.78 is 73.4. The second kappa shape index (κ2) is 7.73. The molecule has 0 fully saturated rings. The molecule has 0 aliphatic rings. The molecule has 0 unspecified atom stereocenters. The third-order valence-electron chi connectivity index (χ3n) is 2.17. The highest BCUT2D eigenvalue weighted by Gasteiger charge is 2.27. The van der Waals surface area contributed by atoms with Gasteiger partial charge in [-0.2, -0.15) is 13.2 Å². The normalized spacial score (nSPS) is 11.9. The van der Waals surface area contributed by atoms with Gasteiger partial charge >= 0.3 is 11.5 Å². The topological polar surface area (TPSA) is 87.3 Å². The molecule has 0 aromatic heterocycles. The van der Waals surface area contributed by atoms with Gasteiger partial charge in [-0.15, -0.1) is 0 Å². The molecule has 0 radical (unpaired) electrons. The van der Waals surface area contributed by atoms with E-state index in [1.54, 1.807) is 0 Å². The van der Waals surface area contributed by atoms with Crippen LogP contribution in [0, 0.1) is 5.82 Å². The van der Waals surface area contributed by atoms with E-state index in [-0.39, 0.29) is 29.7 Å². The fourth-order valence-corrected chi connectivity index (χ4v) is 2.39. The van der Waals surface area contributed by atoms with E-state index in [9.17, 15) is 30.8 Å². The number of nitrogens with one attached hydrogen (secondary N) is 3. The maximum absolute atomic E-state index is 13.5.